The van der Waals surface area contributed by atoms with Gasteiger partial charge in [-0.25, -0.2) is 4.79 Å². The first-order valence-electron chi connectivity index (χ1n) is 10.5. The molecular formula is C22H30BrF3N2O4. The second-order valence-corrected chi connectivity index (χ2v) is 9.66. The third kappa shape index (κ3) is 8.04. The quantitative estimate of drug-likeness (QED) is 0.510. The zero-order chi connectivity index (χ0) is 24.1. The predicted octanol–water partition coefficient (Wildman–Crippen LogP) is 4.40. The number of nitrogens with zero attached hydrogens (tertiary/aromatic N) is 1. The smallest absolute Gasteiger partial charge is 0.416 e. The van der Waals surface area contributed by atoms with Crippen LogP contribution >= 0.6 is 15.9 Å². The molecule has 2 rings (SSSR count). The zero-order valence-electron chi connectivity index (χ0n) is 18.8. The number of nitrogens with one attached hydrogen (secondary N) is 1. The van der Waals surface area contributed by atoms with E-state index >= 15 is 0 Å². The van der Waals surface area contributed by atoms with E-state index in [-0.39, 0.29) is 47.2 Å². The first-order chi connectivity index (χ1) is 14.8. The number of carbonyl (C=O) groups excluding carboxylic acids is 2. The van der Waals surface area contributed by atoms with Gasteiger partial charge in [0.15, 0.2) is 0 Å². The highest BCUT2D eigenvalue weighted by molar-refractivity contribution is 9.10. The summed E-state index contributed by atoms with van der Waals surface area (Å²) in [6, 6.07) is 2.23. The molecule has 1 aromatic carbocycles. The molecule has 6 nitrogen and oxygen atoms in total. The Balaban J connectivity index is 2.01. The standard InChI is InChI=1S/C22H30BrF3N2O4/c1-5-31-20(30)15-8-17(22(24,25)26)16(18(23)9-15)13-28-7-6-14(12-28)10-27-11-19(29)32-21(2,3)4/h8-9,14,27H,5-7,10-13H2,1-4H3/t14-/m0/s1. The Hall–Kier alpha value is -1.65. The van der Waals surface area contributed by atoms with Gasteiger partial charge in [-0.15, -0.1) is 0 Å². The van der Waals surface area contributed by atoms with Crippen molar-refractivity contribution in [2.75, 3.05) is 32.8 Å². The summed E-state index contributed by atoms with van der Waals surface area (Å²) in [5.41, 5.74) is -1.44. The normalized spacial score (nSPS) is 17.4. The van der Waals surface area contributed by atoms with Gasteiger partial charge < -0.3 is 14.8 Å². The van der Waals surface area contributed by atoms with Crippen molar-refractivity contribution in [3.63, 3.8) is 0 Å². The van der Waals surface area contributed by atoms with E-state index in [0.717, 1.165) is 12.5 Å². The number of halogens is 4. The molecular weight excluding hydrogens is 493 g/mol. The number of hydrogen-bond acceptors (Lipinski definition) is 6. The third-order valence-corrected chi connectivity index (χ3v) is 5.59. The first-order valence-corrected chi connectivity index (χ1v) is 11.3. The maximum atomic E-state index is 13.7. The molecule has 0 saturated carbocycles. The number of rotatable bonds is 8. The Bertz CT molecular complexity index is 825. The molecule has 0 radical (unpaired) electrons. The van der Waals surface area contributed by atoms with Crippen LogP contribution < -0.4 is 5.32 Å². The van der Waals surface area contributed by atoms with Crippen LogP contribution in [-0.4, -0.2) is 55.2 Å². The van der Waals surface area contributed by atoms with Crippen molar-refractivity contribution in [3.8, 4) is 0 Å². The van der Waals surface area contributed by atoms with E-state index in [4.69, 9.17) is 9.47 Å². The van der Waals surface area contributed by atoms with Gasteiger partial charge in [0.1, 0.15) is 5.60 Å². The van der Waals surface area contributed by atoms with E-state index in [9.17, 15) is 22.8 Å². The molecule has 32 heavy (non-hydrogen) atoms. The maximum absolute atomic E-state index is 13.7. The monoisotopic (exact) mass is 522 g/mol. The van der Waals surface area contributed by atoms with Crippen LogP contribution in [0.2, 0.25) is 0 Å². The summed E-state index contributed by atoms with van der Waals surface area (Å²) < 4.78 is 51.5. The molecule has 1 heterocycles. The number of esters is 2. The highest BCUT2D eigenvalue weighted by Gasteiger charge is 2.36. The molecule has 1 atom stereocenters. The van der Waals surface area contributed by atoms with E-state index < -0.39 is 23.3 Å². The van der Waals surface area contributed by atoms with Crippen molar-refractivity contribution in [3.05, 3.63) is 33.3 Å². The van der Waals surface area contributed by atoms with Gasteiger partial charge in [0.25, 0.3) is 0 Å². The number of carbonyl (C=O) groups is 2. The van der Waals surface area contributed by atoms with Gasteiger partial charge in [-0.05, 0) is 70.8 Å². The van der Waals surface area contributed by atoms with E-state index in [1.165, 1.54) is 6.07 Å². The highest BCUT2D eigenvalue weighted by Crippen LogP contribution is 2.37. The van der Waals surface area contributed by atoms with E-state index in [0.29, 0.717) is 19.6 Å². The lowest BCUT2D eigenvalue weighted by Gasteiger charge is -2.22. The fraction of sp³-hybridized carbons (Fsp3) is 0.636. The van der Waals surface area contributed by atoms with Crippen molar-refractivity contribution in [2.45, 2.75) is 52.4 Å². The Morgan fingerprint density at radius 2 is 1.94 bits per heavy atom. The van der Waals surface area contributed by atoms with Crippen LogP contribution in [0.25, 0.3) is 0 Å². The maximum Gasteiger partial charge on any atom is 0.416 e. The number of alkyl halides is 3. The first kappa shape index (κ1) is 26.6. The molecule has 0 unspecified atom stereocenters. The molecule has 1 aliphatic rings. The summed E-state index contributed by atoms with van der Waals surface area (Å²) in [7, 11) is 0. The summed E-state index contributed by atoms with van der Waals surface area (Å²) in [5.74, 6) is -0.917. The highest BCUT2D eigenvalue weighted by atomic mass is 79.9. The van der Waals surface area contributed by atoms with Crippen LogP contribution in [0.4, 0.5) is 13.2 Å². The van der Waals surface area contributed by atoms with Crippen LogP contribution in [0.15, 0.2) is 16.6 Å². The van der Waals surface area contributed by atoms with Gasteiger partial charge in [-0.3, -0.25) is 9.69 Å². The average Bonchev–Trinajstić information content (AvgIpc) is 3.08. The van der Waals surface area contributed by atoms with Crippen LogP contribution in [-0.2, 0) is 27.0 Å². The van der Waals surface area contributed by atoms with Gasteiger partial charge in [-0.1, -0.05) is 15.9 Å². The number of benzene rings is 1. The van der Waals surface area contributed by atoms with Crippen molar-refractivity contribution in [1.29, 1.82) is 0 Å². The molecule has 1 saturated heterocycles. The lowest BCUT2D eigenvalue weighted by Crippen LogP contribution is -2.34. The summed E-state index contributed by atoms with van der Waals surface area (Å²) in [6.07, 6.45) is -3.80. The largest absolute Gasteiger partial charge is 0.462 e. The molecule has 1 N–H and O–H groups in total. The van der Waals surface area contributed by atoms with Crippen LogP contribution in [0.3, 0.4) is 0 Å². The molecule has 1 fully saturated rings. The van der Waals surface area contributed by atoms with Crippen LogP contribution in [0.1, 0.15) is 55.6 Å². The summed E-state index contributed by atoms with van der Waals surface area (Å²) >= 11 is 3.22. The van der Waals surface area contributed by atoms with E-state index in [1.54, 1.807) is 27.7 Å². The zero-order valence-corrected chi connectivity index (χ0v) is 20.4. The van der Waals surface area contributed by atoms with Gasteiger partial charge in [0.2, 0.25) is 0 Å². The summed E-state index contributed by atoms with van der Waals surface area (Å²) in [5, 5.41) is 3.07. The molecule has 1 aliphatic heterocycles. The van der Waals surface area contributed by atoms with Gasteiger partial charge >= 0.3 is 18.1 Å². The number of hydrogen-bond donors (Lipinski definition) is 1. The van der Waals surface area contributed by atoms with Crippen molar-refractivity contribution >= 4 is 27.9 Å². The number of likely N-dealkylation sites (tertiary alicyclic amines) is 1. The lowest BCUT2D eigenvalue weighted by atomic mass is 10.0. The second kappa shape index (κ2) is 11.0. The van der Waals surface area contributed by atoms with Crippen LogP contribution in [0, 0.1) is 5.92 Å². The van der Waals surface area contributed by atoms with Gasteiger partial charge in [-0.2, -0.15) is 13.2 Å². The Morgan fingerprint density at radius 1 is 1.25 bits per heavy atom. The molecule has 1 aromatic rings. The minimum Gasteiger partial charge on any atom is -0.462 e. The number of ether oxygens (including phenoxy) is 2. The van der Waals surface area contributed by atoms with Crippen LogP contribution in [0.5, 0.6) is 0 Å². The van der Waals surface area contributed by atoms with E-state index in [1.807, 2.05) is 4.90 Å². The summed E-state index contributed by atoms with van der Waals surface area (Å²) in [6.45, 7) is 9.07. The molecule has 180 valence electrons. The van der Waals surface area contributed by atoms with Crippen molar-refractivity contribution in [1.82, 2.24) is 10.2 Å². The lowest BCUT2D eigenvalue weighted by molar-refractivity contribution is -0.153. The molecule has 0 spiro atoms. The fourth-order valence-electron chi connectivity index (χ4n) is 3.59. The fourth-order valence-corrected chi connectivity index (χ4v) is 4.17. The molecule has 0 amide bonds. The summed E-state index contributed by atoms with van der Waals surface area (Å²) in [4.78, 5) is 25.7. The minimum absolute atomic E-state index is 0.0800. The minimum atomic E-state index is -4.60. The Morgan fingerprint density at radius 3 is 2.53 bits per heavy atom. The second-order valence-electron chi connectivity index (χ2n) is 8.81. The SMILES string of the molecule is CCOC(=O)c1cc(Br)c(CN2CC[C@@H](CNCC(=O)OC(C)(C)C)C2)c(C(F)(F)F)c1. The third-order valence-electron chi connectivity index (χ3n) is 4.89. The van der Waals surface area contributed by atoms with Gasteiger partial charge in [0.05, 0.1) is 24.3 Å². The molecule has 0 aliphatic carbocycles. The average molecular weight is 523 g/mol. The molecule has 10 heteroatoms. The predicted molar refractivity (Wildman–Crippen MR) is 117 cm³/mol. The molecule has 0 aromatic heterocycles. The topological polar surface area (TPSA) is 67.9 Å². The van der Waals surface area contributed by atoms with Gasteiger partial charge in [0, 0.05) is 17.6 Å². The van der Waals surface area contributed by atoms with Crippen molar-refractivity contribution < 1.29 is 32.2 Å². The Labute approximate surface area is 194 Å². The Kier molecular flexibility index (Phi) is 9.13. The molecule has 0 bridgehead atoms. The van der Waals surface area contributed by atoms with E-state index in [2.05, 4.69) is 21.2 Å². The van der Waals surface area contributed by atoms with Crippen molar-refractivity contribution in [2.24, 2.45) is 5.92 Å².